The Hall–Kier alpha value is -1.31. The number of benzene rings is 1. The zero-order valence-electron chi connectivity index (χ0n) is 10.5. The maximum atomic E-state index is 12.6. The van der Waals surface area contributed by atoms with Crippen LogP contribution in [0.2, 0.25) is 0 Å². The van der Waals surface area contributed by atoms with Gasteiger partial charge in [-0.3, -0.25) is 0 Å². The van der Waals surface area contributed by atoms with Gasteiger partial charge in [-0.2, -0.15) is 13.2 Å². The molecule has 1 aromatic rings. The standard InChI is InChI=1S/C12H16F3NO3/c1-16-6-9(17)11(18)8-5-7(12(13,14)15)3-4-10(8)19-2/h3-5,9,11,16-18H,6H2,1-2H3. The first-order chi connectivity index (χ1) is 8.81. The number of ether oxygens (including phenoxy) is 1. The summed E-state index contributed by atoms with van der Waals surface area (Å²) < 4.78 is 42.8. The van der Waals surface area contributed by atoms with Crippen molar-refractivity contribution < 1.29 is 28.1 Å². The number of likely N-dealkylation sites (N-methyl/N-ethyl adjacent to an activating group) is 1. The van der Waals surface area contributed by atoms with Gasteiger partial charge in [0.1, 0.15) is 11.9 Å². The molecule has 7 heteroatoms. The monoisotopic (exact) mass is 279 g/mol. The number of nitrogens with one attached hydrogen (secondary N) is 1. The first-order valence-electron chi connectivity index (χ1n) is 5.57. The summed E-state index contributed by atoms with van der Waals surface area (Å²) in [6.45, 7) is 0.0422. The molecule has 0 aliphatic heterocycles. The minimum atomic E-state index is -4.52. The highest BCUT2D eigenvalue weighted by Crippen LogP contribution is 2.35. The molecule has 0 radical (unpaired) electrons. The van der Waals surface area contributed by atoms with Gasteiger partial charge >= 0.3 is 6.18 Å². The third-order valence-electron chi connectivity index (χ3n) is 2.65. The summed E-state index contributed by atoms with van der Waals surface area (Å²) in [7, 11) is 2.84. The molecule has 0 bridgehead atoms. The second-order valence-electron chi connectivity index (χ2n) is 4.02. The highest BCUT2D eigenvalue weighted by Gasteiger charge is 2.32. The Kier molecular flexibility index (Phi) is 5.16. The van der Waals surface area contributed by atoms with Crippen molar-refractivity contribution in [2.24, 2.45) is 0 Å². The Bertz CT molecular complexity index is 423. The van der Waals surface area contributed by atoms with E-state index in [0.29, 0.717) is 0 Å². The molecule has 1 rings (SSSR count). The summed E-state index contributed by atoms with van der Waals surface area (Å²) in [5.74, 6) is 0.0932. The van der Waals surface area contributed by atoms with Crippen molar-refractivity contribution in [1.29, 1.82) is 0 Å². The van der Waals surface area contributed by atoms with Crippen LogP contribution in [0.3, 0.4) is 0 Å². The predicted molar refractivity (Wildman–Crippen MR) is 62.9 cm³/mol. The summed E-state index contributed by atoms with van der Waals surface area (Å²) in [4.78, 5) is 0. The molecule has 19 heavy (non-hydrogen) atoms. The van der Waals surface area contributed by atoms with Crippen LogP contribution in [-0.2, 0) is 6.18 Å². The lowest BCUT2D eigenvalue weighted by Gasteiger charge is -2.21. The molecule has 0 spiro atoms. The van der Waals surface area contributed by atoms with Crippen LogP contribution in [0, 0.1) is 0 Å². The van der Waals surface area contributed by atoms with E-state index in [-0.39, 0.29) is 17.9 Å². The lowest BCUT2D eigenvalue weighted by atomic mass is 10.0. The number of aliphatic hydroxyl groups is 2. The quantitative estimate of drug-likeness (QED) is 0.761. The van der Waals surface area contributed by atoms with E-state index in [9.17, 15) is 23.4 Å². The van der Waals surface area contributed by atoms with Gasteiger partial charge in [-0.15, -0.1) is 0 Å². The predicted octanol–water partition coefficient (Wildman–Crippen LogP) is 1.33. The number of hydrogen-bond acceptors (Lipinski definition) is 4. The Labute approximate surface area is 108 Å². The number of halogens is 3. The molecule has 0 aliphatic carbocycles. The topological polar surface area (TPSA) is 61.7 Å². The fourth-order valence-corrected chi connectivity index (χ4v) is 1.67. The van der Waals surface area contributed by atoms with Crippen LogP contribution >= 0.6 is 0 Å². The molecule has 1 aromatic carbocycles. The molecule has 0 aliphatic rings. The molecule has 0 saturated heterocycles. The normalized spacial score (nSPS) is 15.1. The van der Waals surface area contributed by atoms with E-state index >= 15 is 0 Å². The molecule has 0 aromatic heterocycles. The molecule has 2 unspecified atom stereocenters. The average Bonchev–Trinajstić information content (AvgIpc) is 2.36. The number of alkyl halides is 3. The van der Waals surface area contributed by atoms with Crippen molar-refractivity contribution in [3.63, 3.8) is 0 Å². The second kappa shape index (κ2) is 6.23. The smallest absolute Gasteiger partial charge is 0.416 e. The van der Waals surface area contributed by atoms with Gasteiger partial charge < -0.3 is 20.3 Å². The molecule has 3 N–H and O–H groups in total. The number of aliphatic hydroxyl groups excluding tert-OH is 2. The summed E-state index contributed by atoms with van der Waals surface area (Å²) in [6, 6.07) is 2.76. The van der Waals surface area contributed by atoms with E-state index in [1.165, 1.54) is 7.11 Å². The summed E-state index contributed by atoms with van der Waals surface area (Å²) in [5.41, 5.74) is -1.00. The van der Waals surface area contributed by atoms with E-state index in [0.717, 1.165) is 18.2 Å². The molecule has 0 amide bonds. The maximum absolute atomic E-state index is 12.6. The average molecular weight is 279 g/mol. The van der Waals surface area contributed by atoms with E-state index < -0.39 is 23.9 Å². The van der Waals surface area contributed by atoms with Gasteiger partial charge in [-0.05, 0) is 25.2 Å². The zero-order valence-corrected chi connectivity index (χ0v) is 10.5. The van der Waals surface area contributed by atoms with Gasteiger partial charge in [0.25, 0.3) is 0 Å². The van der Waals surface area contributed by atoms with Crippen molar-refractivity contribution >= 4 is 0 Å². The van der Waals surface area contributed by atoms with Crippen molar-refractivity contribution in [2.45, 2.75) is 18.4 Å². The SMILES string of the molecule is CNCC(O)C(O)c1cc(C(F)(F)F)ccc1OC. The Balaban J connectivity index is 3.15. The lowest BCUT2D eigenvalue weighted by Crippen LogP contribution is -2.30. The maximum Gasteiger partial charge on any atom is 0.416 e. The Morgan fingerprint density at radius 3 is 2.42 bits per heavy atom. The number of hydrogen-bond donors (Lipinski definition) is 3. The summed E-state index contributed by atoms with van der Waals surface area (Å²) in [5, 5.41) is 22.1. The fourth-order valence-electron chi connectivity index (χ4n) is 1.67. The molecular formula is C12H16F3NO3. The molecule has 108 valence electrons. The summed E-state index contributed by atoms with van der Waals surface area (Å²) >= 11 is 0. The Morgan fingerprint density at radius 1 is 1.32 bits per heavy atom. The molecule has 0 heterocycles. The van der Waals surface area contributed by atoms with Crippen LogP contribution in [0.25, 0.3) is 0 Å². The third kappa shape index (κ3) is 3.82. The molecule has 0 fully saturated rings. The van der Waals surface area contributed by atoms with Gasteiger partial charge in [0.05, 0.1) is 18.8 Å². The Morgan fingerprint density at radius 2 is 1.95 bits per heavy atom. The highest BCUT2D eigenvalue weighted by atomic mass is 19.4. The third-order valence-corrected chi connectivity index (χ3v) is 2.65. The van der Waals surface area contributed by atoms with Crippen molar-refractivity contribution in [2.75, 3.05) is 20.7 Å². The van der Waals surface area contributed by atoms with Gasteiger partial charge in [0.15, 0.2) is 0 Å². The number of methoxy groups -OCH3 is 1. The largest absolute Gasteiger partial charge is 0.496 e. The van der Waals surface area contributed by atoms with Gasteiger partial charge in [-0.25, -0.2) is 0 Å². The van der Waals surface area contributed by atoms with E-state index in [1.807, 2.05) is 0 Å². The molecule has 4 nitrogen and oxygen atoms in total. The fraction of sp³-hybridized carbons (Fsp3) is 0.500. The second-order valence-corrected chi connectivity index (χ2v) is 4.02. The van der Waals surface area contributed by atoms with Crippen LogP contribution in [-0.4, -0.2) is 37.0 Å². The number of rotatable bonds is 5. The van der Waals surface area contributed by atoms with Crippen LogP contribution in [0.1, 0.15) is 17.2 Å². The lowest BCUT2D eigenvalue weighted by molar-refractivity contribution is -0.137. The van der Waals surface area contributed by atoms with Crippen molar-refractivity contribution in [3.8, 4) is 5.75 Å². The van der Waals surface area contributed by atoms with Crippen LogP contribution in [0.5, 0.6) is 5.75 Å². The van der Waals surface area contributed by atoms with Gasteiger partial charge in [0, 0.05) is 12.1 Å². The zero-order chi connectivity index (χ0) is 14.6. The van der Waals surface area contributed by atoms with Crippen molar-refractivity contribution in [3.05, 3.63) is 29.3 Å². The van der Waals surface area contributed by atoms with Crippen LogP contribution < -0.4 is 10.1 Å². The van der Waals surface area contributed by atoms with E-state index in [1.54, 1.807) is 7.05 Å². The van der Waals surface area contributed by atoms with Crippen LogP contribution in [0.4, 0.5) is 13.2 Å². The van der Waals surface area contributed by atoms with E-state index in [2.05, 4.69) is 5.32 Å². The summed E-state index contributed by atoms with van der Waals surface area (Å²) in [6.07, 6.45) is -7.22. The van der Waals surface area contributed by atoms with Crippen molar-refractivity contribution in [1.82, 2.24) is 5.32 Å². The minimum Gasteiger partial charge on any atom is -0.496 e. The minimum absolute atomic E-state index is 0.0422. The first kappa shape index (κ1) is 15.7. The first-order valence-corrected chi connectivity index (χ1v) is 5.57. The highest BCUT2D eigenvalue weighted by molar-refractivity contribution is 5.40. The molecule has 2 atom stereocenters. The molecular weight excluding hydrogens is 263 g/mol. The van der Waals surface area contributed by atoms with Gasteiger partial charge in [0.2, 0.25) is 0 Å². The van der Waals surface area contributed by atoms with E-state index in [4.69, 9.17) is 4.74 Å². The van der Waals surface area contributed by atoms with Gasteiger partial charge in [-0.1, -0.05) is 0 Å². The van der Waals surface area contributed by atoms with Crippen LogP contribution in [0.15, 0.2) is 18.2 Å². The molecule has 0 saturated carbocycles.